The Balaban J connectivity index is 2.42. The Morgan fingerprint density at radius 2 is 1.76 bits per heavy atom. The third kappa shape index (κ3) is 3.42. The normalized spacial score (nSPS) is 10.6. The predicted octanol–water partition coefficient (Wildman–Crippen LogP) is 4.85. The minimum Gasteiger partial charge on any atom is -0.436 e. The lowest BCUT2D eigenvalue weighted by Crippen LogP contribution is -2.05. The van der Waals surface area contributed by atoms with Gasteiger partial charge in [-0.25, -0.2) is 8.78 Å². The van der Waals surface area contributed by atoms with Gasteiger partial charge in [0.2, 0.25) is 0 Å². The topological polar surface area (TPSA) is 34.2 Å². The molecule has 0 saturated carbocycles. The Morgan fingerprint density at radius 3 is 2.33 bits per heavy atom. The van der Waals surface area contributed by atoms with Crippen molar-refractivity contribution in [2.75, 3.05) is 11.9 Å². The molecule has 0 aliphatic heterocycles. The van der Waals surface area contributed by atoms with Crippen molar-refractivity contribution < 1.29 is 13.5 Å². The summed E-state index contributed by atoms with van der Waals surface area (Å²) in [7, 11) is 0. The molecule has 112 valence electrons. The van der Waals surface area contributed by atoms with Gasteiger partial charge in [0.05, 0.1) is 0 Å². The highest BCUT2D eigenvalue weighted by atomic mass is 35.5. The first-order valence-electron chi connectivity index (χ1n) is 6.47. The summed E-state index contributed by atoms with van der Waals surface area (Å²) in [6, 6.07) is 4.16. The van der Waals surface area contributed by atoms with Crippen molar-refractivity contribution in [2.24, 2.45) is 0 Å². The third-order valence-electron chi connectivity index (χ3n) is 2.87. The maximum absolute atomic E-state index is 13.8. The predicted molar refractivity (Wildman–Crippen MR) is 79.3 cm³/mol. The van der Waals surface area contributed by atoms with Crippen LogP contribution in [0.25, 0.3) is 0 Å². The molecular weight excluding hydrogens is 298 g/mol. The molecule has 0 unspecified atom stereocenters. The van der Waals surface area contributed by atoms with E-state index in [2.05, 4.69) is 10.3 Å². The number of benzene rings is 1. The fourth-order valence-electron chi connectivity index (χ4n) is 1.97. The number of pyridine rings is 1. The minimum atomic E-state index is -0.858. The van der Waals surface area contributed by atoms with Gasteiger partial charge in [-0.1, -0.05) is 11.6 Å². The molecule has 3 nitrogen and oxygen atoms in total. The summed E-state index contributed by atoms with van der Waals surface area (Å²) in [5, 5.41) is 3.28. The van der Waals surface area contributed by atoms with Crippen molar-refractivity contribution in [2.45, 2.75) is 20.8 Å². The van der Waals surface area contributed by atoms with Gasteiger partial charge in [0.15, 0.2) is 17.5 Å². The number of hydrogen-bond donors (Lipinski definition) is 1. The maximum Gasteiger partial charge on any atom is 0.258 e. The monoisotopic (exact) mass is 312 g/mol. The van der Waals surface area contributed by atoms with Gasteiger partial charge in [-0.2, -0.15) is 4.98 Å². The van der Waals surface area contributed by atoms with Crippen molar-refractivity contribution in [3.8, 4) is 11.6 Å². The molecule has 0 saturated heterocycles. The zero-order valence-electron chi connectivity index (χ0n) is 11.9. The molecule has 0 aliphatic carbocycles. The van der Waals surface area contributed by atoms with E-state index >= 15 is 0 Å². The second-order valence-corrected chi connectivity index (χ2v) is 5.04. The van der Waals surface area contributed by atoms with Crippen molar-refractivity contribution in [1.82, 2.24) is 4.98 Å². The lowest BCUT2D eigenvalue weighted by atomic mass is 10.1. The lowest BCUT2D eigenvalue weighted by Gasteiger charge is -2.13. The Morgan fingerprint density at radius 1 is 1.14 bits per heavy atom. The first kappa shape index (κ1) is 15.5. The van der Waals surface area contributed by atoms with E-state index < -0.39 is 11.6 Å². The van der Waals surface area contributed by atoms with E-state index in [0.717, 1.165) is 17.2 Å². The highest BCUT2D eigenvalue weighted by Gasteiger charge is 2.15. The van der Waals surface area contributed by atoms with Crippen molar-refractivity contribution >= 4 is 17.4 Å². The fourth-order valence-corrected chi connectivity index (χ4v) is 2.30. The van der Waals surface area contributed by atoms with E-state index in [1.807, 2.05) is 0 Å². The van der Waals surface area contributed by atoms with Crippen LogP contribution >= 0.6 is 11.6 Å². The second-order valence-electron chi connectivity index (χ2n) is 4.61. The maximum atomic E-state index is 13.8. The molecule has 0 radical (unpaired) electrons. The molecule has 0 atom stereocenters. The highest BCUT2D eigenvalue weighted by Crippen LogP contribution is 2.32. The molecule has 21 heavy (non-hydrogen) atoms. The van der Waals surface area contributed by atoms with E-state index in [0.29, 0.717) is 17.3 Å². The van der Waals surface area contributed by atoms with E-state index in [9.17, 15) is 8.78 Å². The molecule has 0 bridgehead atoms. The lowest BCUT2D eigenvalue weighted by molar-refractivity contribution is 0.413. The molecule has 2 aromatic rings. The van der Waals surface area contributed by atoms with Crippen LogP contribution in [0.15, 0.2) is 18.2 Å². The summed E-state index contributed by atoms with van der Waals surface area (Å²) in [4.78, 5) is 3.85. The van der Waals surface area contributed by atoms with Crippen LogP contribution in [0.2, 0.25) is 5.02 Å². The van der Waals surface area contributed by atoms with Gasteiger partial charge in [0.25, 0.3) is 5.88 Å². The number of nitrogens with one attached hydrogen (secondary N) is 1. The smallest absolute Gasteiger partial charge is 0.258 e. The zero-order valence-corrected chi connectivity index (χ0v) is 12.7. The van der Waals surface area contributed by atoms with Gasteiger partial charge in [0, 0.05) is 17.6 Å². The quantitative estimate of drug-likeness (QED) is 0.876. The average molecular weight is 313 g/mol. The fraction of sp³-hybridized carbons (Fsp3) is 0.267. The summed E-state index contributed by atoms with van der Waals surface area (Å²) >= 11 is 5.94. The number of hydrogen-bond acceptors (Lipinski definition) is 3. The Hall–Kier alpha value is -1.88. The molecule has 6 heteroatoms. The molecule has 1 aromatic heterocycles. The van der Waals surface area contributed by atoms with Crippen molar-refractivity contribution in [3.63, 3.8) is 0 Å². The van der Waals surface area contributed by atoms with Crippen LogP contribution in [0.4, 0.5) is 14.6 Å². The second kappa shape index (κ2) is 6.26. The van der Waals surface area contributed by atoms with Gasteiger partial charge >= 0.3 is 0 Å². The average Bonchev–Trinajstić information content (AvgIpc) is 2.38. The van der Waals surface area contributed by atoms with E-state index in [1.165, 1.54) is 0 Å². The third-order valence-corrected chi connectivity index (χ3v) is 3.08. The molecule has 1 heterocycles. The zero-order chi connectivity index (χ0) is 15.6. The van der Waals surface area contributed by atoms with Crippen LogP contribution in [0, 0.1) is 25.5 Å². The molecular formula is C15H15ClF2N2O. The number of aromatic nitrogens is 1. The largest absolute Gasteiger partial charge is 0.436 e. The van der Waals surface area contributed by atoms with Crippen LogP contribution in [0.5, 0.6) is 11.6 Å². The summed E-state index contributed by atoms with van der Waals surface area (Å²) in [6.07, 6.45) is 0. The minimum absolute atomic E-state index is 0.0434. The van der Waals surface area contributed by atoms with Gasteiger partial charge in [0.1, 0.15) is 5.75 Å². The number of anilines is 1. The molecule has 0 aliphatic rings. The van der Waals surface area contributed by atoms with Gasteiger partial charge in [-0.05, 0) is 44.0 Å². The van der Waals surface area contributed by atoms with Crippen LogP contribution in [0.3, 0.4) is 0 Å². The van der Waals surface area contributed by atoms with E-state index in [-0.39, 0.29) is 11.7 Å². The van der Waals surface area contributed by atoms with E-state index in [4.69, 9.17) is 16.3 Å². The standard InChI is InChI=1S/C15H15ClF2N2O/c1-4-19-14-11(17)7-12(18)15(20-14)21-13-8(2)5-10(16)6-9(13)3/h5-7H,4H2,1-3H3,(H,19,20). The first-order chi connectivity index (χ1) is 9.92. The number of ether oxygens (including phenoxy) is 1. The summed E-state index contributed by atoms with van der Waals surface area (Å²) in [5.41, 5.74) is 1.49. The molecule has 2 rings (SSSR count). The van der Waals surface area contributed by atoms with Crippen LogP contribution in [-0.2, 0) is 0 Å². The van der Waals surface area contributed by atoms with Crippen LogP contribution < -0.4 is 10.1 Å². The van der Waals surface area contributed by atoms with Crippen LogP contribution in [-0.4, -0.2) is 11.5 Å². The number of rotatable bonds is 4. The number of aryl methyl sites for hydroxylation is 2. The Labute approximate surface area is 126 Å². The molecule has 0 fully saturated rings. The van der Waals surface area contributed by atoms with Gasteiger partial charge < -0.3 is 10.1 Å². The van der Waals surface area contributed by atoms with E-state index in [1.54, 1.807) is 32.9 Å². The highest BCUT2D eigenvalue weighted by molar-refractivity contribution is 6.30. The summed E-state index contributed by atoms with van der Waals surface area (Å²) in [5.74, 6) is -1.48. The van der Waals surface area contributed by atoms with Gasteiger partial charge in [-0.3, -0.25) is 0 Å². The number of nitrogens with zero attached hydrogens (tertiary/aromatic N) is 1. The van der Waals surface area contributed by atoms with Crippen molar-refractivity contribution in [3.05, 3.63) is 46.0 Å². The molecule has 1 aromatic carbocycles. The van der Waals surface area contributed by atoms with Crippen LogP contribution in [0.1, 0.15) is 18.1 Å². The summed E-state index contributed by atoms with van der Waals surface area (Å²) < 4.78 is 32.9. The molecule has 0 amide bonds. The first-order valence-corrected chi connectivity index (χ1v) is 6.84. The van der Waals surface area contributed by atoms with Gasteiger partial charge in [-0.15, -0.1) is 0 Å². The van der Waals surface area contributed by atoms with Crippen molar-refractivity contribution in [1.29, 1.82) is 0 Å². The molecule has 0 spiro atoms. The SMILES string of the molecule is CCNc1nc(Oc2c(C)cc(Cl)cc2C)c(F)cc1F. The Bertz CT molecular complexity index is 654. The Kier molecular flexibility index (Phi) is 4.63. The molecule has 1 N–H and O–H groups in total. The summed E-state index contributed by atoms with van der Waals surface area (Å²) in [6.45, 7) is 5.84. The number of halogens is 3.